The Bertz CT molecular complexity index is 555. The molecular formula is C18H26N2O3. The fourth-order valence-corrected chi connectivity index (χ4v) is 3.50. The second-order valence-electron chi connectivity index (χ2n) is 6.66. The fraction of sp³-hybridized carbons (Fsp3) is 0.611. The maximum Gasteiger partial charge on any atom is 0.319 e. The van der Waals surface area contributed by atoms with Gasteiger partial charge >= 0.3 is 6.03 Å². The van der Waals surface area contributed by atoms with Crippen molar-refractivity contribution in [1.29, 1.82) is 0 Å². The molecule has 1 aromatic rings. The second kappa shape index (κ2) is 7.21. The maximum atomic E-state index is 12.1. The minimum Gasteiger partial charge on any atom is -0.490 e. The van der Waals surface area contributed by atoms with Crippen molar-refractivity contribution in [3.63, 3.8) is 0 Å². The standard InChI is InChI=1S/C18H26N2O3/c1-12-14(19-18(22)20-15-9-4-10-16(15)21)8-5-11-17(12)23-13-6-2-3-7-13/h5,8,11,13,15-16,21H,2-4,6-7,9-10H2,1H3,(H2,19,20,22)/t15-,16-/m0/s1. The lowest BCUT2D eigenvalue weighted by molar-refractivity contribution is 0.151. The highest BCUT2D eigenvalue weighted by Crippen LogP contribution is 2.30. The highest BCUT2D eigenvalue weighted by molar-refractivity contribution is 5.90. The lowest BCUT2D eigenvalue weighted by atomic mass is 10.1. The molecule has 2 atom stereocenters. The van der Waals surface area contributed by atoms with Crippen LogP contribution in [0.2, 0.25) is 0 Å². The molecule has 0 unspecified atom stereocenters. The van der Waals surface area contributed by atoms with Gasteiger partial charge < -0.3 is 20.5 Å². The van der Waals surface area contributed by atoms with E-state index in [4.69, 9.17) is 4.74 Å². The minimum atomic E-state index is -0.432. The van der Waals surface area contributed by atoms with E-state index in [2.05, 4.69) is 10.6 Å². The summed E-state index contributed by atoms with van der Waals surface area (Å²) in [6.07, 6.45) is 7.09. The summed E-state index contributed by atoms with van der Waals surface area (Å²) in [7, 11) is 0. The van der Waals surface area contributed by atoms with Crippen molar-refractivity contribution in [2.24, 2.45) is 0 Å². The third kappa shape index (κ3) is 3.96. The molecule has 3 rings (SSSR count). The van der Waals surface area contributed by atoms with Crippen LogP contribution in [0, 0.1) is 6.92 Å². The monoisotopic (exact) mass is 318 g/mol. The molecule has 0 aliphatic heterocycles. The highest BCUT2D eigenvalue weighted by atomic mass is 16.5. The van der Waals surface area contributed by atoms with E-state index in [0.717, 1.165) is 49.1 Å². The number of amides is 2. The smallest absolute Gasteiger partial charge is 0.319 e. The Hall–Kier alpha value is -1.75. The molecule has 5 nitrogen and oxygen atoms in total. The van der Waals surface area contributed by atoms with Gasteiger partial charge in [0.25, 0.3) is 0 Å². The number of nitrogens with one attached hydrogen (secondary N) is 2. The normalized spacial score (nSPS) is 24.6. The van der Waals surface area contributed by atoms with E-state index >= 15 is 0 Å². The number of ether oxygens (including phenoxy) is 1. The molecule has 3 N–H and O–H groups in total. The van der Waals surface area contributed by atoms with Gasteiger partial charge in [-0.25, -0.2) is 4.79 Å². The average Bonchev–Trinajstić information content (AvgIpc) is 3.16. The zero-order chi connectivity index (χ0) is 16.2. The zero-order valence-corrected chi connectivity index (χ0v) is 13.7. The lowest BCUT2D eigenvalue weighted by Crippen LogP contribution is -2.42. The van der Waals surface area contributed by atoms with Gasteiger partial charge in [0.1, 0.15) is 5.75 Å². The number of urea groups is 1. The summed E-state index contributed by atoms with van der Waals surface area (Å²) in [4.78, 5) is 12.1. The van der Waals surface area contributed by atoms with Gasteiger partial charge in [-0.05, 0) is 64.0 Å². The van der Waals surface area contributed by atoms with Gasteiger partial charge in [-0.3, -0.25) is 0 Å². The molecule has 2 saturated carbocycles. The van der Waals surface area contributed by atoms with Crippen LogP contribution in [0.15, 0.2) is 18.2 Å². The summed E-state index contributed by atoms with van der Waals surface area (Å²) in [5.74, 6) is 0.843. The molecule has 0 spiro atoms. The van der Waals surface area contributed by atoms with Crippen molar-refractivity contribution >= 4 is 11.7 Å². The molecule has 0 aromatic heterocycles. The third-order valence-corrected chi connectivity index (χ3v) is 4.92. The van der Waals surface area contributed by atoms with Gasteiger partial charge in [0, 0.05) is 11.3 Å². The Labute approximate surface area is 137 Å². The van der Waals surface area contributed by atoms with Crippen LogP contribution in [0.5, 0.6) is 5.75 Å². The van der Waals surface area contributed by atoms with Crippen LogP contribution < -0.4 is 15.4 Å². The SMILES string of the molecule is Cc1c(NC(=O)N[C@H]2CCC[C@@H]2O)cccc1OC1CCCC1. The molecule has 23 heavy (non-hydrogen) atoms. The van der Waals surface area contributed by atoms with Crippen LogP contribution in [-0.2, 0) is 0 Å². The van der Waals surface area contributed by atoms with E-state index < -0.39 is 6.10 Å². The van der Waals surface area contributed by atoms with E-state index in [0.29, 0.717) is 6.10 Å². The molecule has 2 amide bonds. The number of aliphatic hydroxyl groups excluding tert-OH is 1. The van der Waals surface area contributed by atoms with Crippen LogP contribution in [0.4, 0.5) is 10.5 Å². The Morgan fingerprint density at radius 3 is 2.65 bits per heavy atom. The molecule has 2 fully saturated rings. The Morgan fingerprint density at radius 2 is 1.96 bits per heavy atom. The highest BCUT2D eigenvalue weighted by Gasteiger charge is 2.26. The van der Waals surface area contributed by atoms with E-state index in [9.17, 15) is 9.90 Å². The zero-order valence-electron chi connectivity index (χ0n) is 13.7. The van der Waals surface area contributed by atoms with Crippen LogP contribution in [0.1, 0.15) is 50.5 Å². The number of benzene rings is 1. The number of hydrogen-bond donors (Lipinski definition) is 3. The van der Waals surface area contributed by atoms with Crippen molar-refractivity contribution in [1.82, 2.24) is 5.32 Å². The van der Waals surface area contributed by atoms with E-state index in [1.807, 2.05) is 25.1 Å². The van der Waals surface area contributed by atoms with Crippen LogP contribution in [-0.4, -0.2) is 29.4 Å². The number of aliphatic hydroxyl groups is 1. The molecular weight excluding hydrogens is 292 g/mol. The van der Waals surface area contributed by atoms with Gasteiger partial charge in [0.15, 0.2) is 0 Å². The summed E-state index contributed by atoms with van der Waals surface area (Å²) in [5.41, 5.74) is 1.70. The first-order chi connectivity index (χ1) is 11.1. The molecule has 5 heteroatoms. The van der Waals surface area contributed by atoms with E-state index in [1.165, 1.54) is 12.8 Å². The number of carbonyl (C=O) groups excluding carboxylic acids is 1. The average molecular weight is 318 g/mol. The molecule has 0 heterocycles. The molecule has 2 aliphatic carbocycles. The summed E-state index contributed by atoms with van der Waals surface area (Å²) in [6.45, 7) is 1.96. The van der Waals surface area contributed by atoms with Gasteiger partial charge in [-0.15, -0.1) is 0 Å². The predicted molar refractivity (Wildman–Crippen MR) is 89.9 cm³/mol. The van der Waals surface area contributed by atoms with E-state index in [-0.39, 0.29) is 12.1 Å². The molecule has 1 aromatic carbocycles. The first kappa shape index (κ1) is 16.1. The van der Waals surface area contributed by atoms with Crippen LogP contribution in [0.3, 0.4) is 0 Å². The predicted octanol–water partition coefficient (Wildman–Crippen LogP) is 3.35. The Morgan fingerprint density at radius 1 is 1.17 bits per heavy atom. The van der Waals surface area contributed by atoms with Crippen molar-refractivity contribution in [3.8, 4) is 5.75 Å². The Balaban J connectivity index is 1.61. The van der Waals surface area contributed by atoms with Crippen LogP contribution in [0.25, 0.3) is 0 Å². The number of carbonyl (C=O) groups is 1. The number of anilines is 1. The summed E-state index contributed by atoms with van der Waals surface area (Å²) < 4.78 is 6.07. The quantitative estimate of drug-likeness (QED) is 0.797. The summed E-state index contributed by atoms with van der Waals surface area (Å²) in [6, 6.07) is 5.32. The first-order valence-electron chi connectivity index (χ1n) is 8.65. The van der Waals surface area contributed by atoms with Crippen molar-refractivity contribution < 1.29 is 14.6 Å². The molecule has 0 saturated heterocycles. The molecule has 2 aliphatic rings. The fourth-order valence-electron chi connectivity index (χ4n) is 3.50. The molecule has 126 valence electrons. The second-order valence-corrected chi connectivity index (χ2v) is 6.66. The maximum absolute atomic E-state index is 12.1. The minimum absolute atomic E-state index is 0.145. The summed E-state index contributed by atoms with van der Waals surface area (Å²) >= 11 is 0. The lowest BCUT2D eigenvalue weighted by Gasteiger charge is -2.19. The Kier molecular flexibility index (Phi) is 5.06. The number of rotatable bonds is 4. The summed E-state index contributed by atoms with van der Waals surface area (Å²) in [5, 5.41) is 15.5. The van der Waals surface area contributed by atoms with Crippen molar-refractivity contribution in [3.05, 3.63) is 23.8 Å². The third-order valence-electron chi connectivity index (χ3n) is 4.92. The number of hydrogen-bond acceptors (Lipinski definition) is 3. The topological polar surface area (TPSA) is 70.6 Å². The first-order valence-corrected chi connectivity index (χ1v) is 8.65. The van der Waals surface area contributed by atoms with Gasteiger partial charge in [0.2, 0.25) is 0 Å². The molecule has 0 radical (unpaired) electrons. The van der Waals surface area contributed by atoms with Crippen molar-refractivity contribution in [2.45, 2.75) is 70.1 Å². The largest absolute Gasteiger partial charge is 0.490 e. The van der Waals surface area contributed by atoms with Gasteiger partial charge in [0.05, 0.1) is 18.2 Å². The molecule has 0 bridgehead atoms. The van der Waals surface area contributed by atoms with Gasteiger partial charge in [-0.2, -0.15) is 0 Å². The van der Waals surface area contributed by atoms with Gasteiger partial charge in [-0.1, -0.05) is 6.07 Å². The van der Waals surface area contributed by atoms with E-state index in [1.54, 1.807) is 0 Å². The van der Waals surface area contributed by atoms with Crippen molar-refractivity contribution in [2.75, 3.05) is 5.32 Å². The van der Waals surface area contributed by atoms with Crippen LogP contribution >= 0.6 is 0 Å².